The third-order valence-electron chi connectivity index (χ3n) is 8.73. The number of rotatable bonds is 19. The van der Waals surface area contributed by atoms with E-state index in [0.29, 0.717) is 62.8 Å². The lowest BCUT2D eigenvalue weighted by Gasteiger charge is -2.44. The van der Waals surface area contributed by atoms with Crippen LogP contribution in [-0.4, -0.2) is 31.4 Å². The fourth-order valence-corrected chi connectivity index (χ4v) is 5.91. The van der Waals surface area contributed by atoms with E-state index in [-0.39, 0.29) is 10.0 Å². The summed E-state index contributed by atoms with van der Waals surface area (Å²) in [5, 5.41) is 0. The number of hydrogen-bond donors (Lipinski definition) is 0. The zero-order chi connectivity index (χ0) is 35.6. The first-order valence-electron chi connectivity index (χ1n) is 16.1. The van der Waals surface area contributed by atoms with Crippen molar-refractivity contribution in [1.29, 1.82) is 0 Å². The molecule has 0 amide bonds. The van der Waals surface area contributed by atoms with Crippen molar-refractivity contribution in [2.24, 2.45) is 0 Å². The fourth-order valence-electron chi connectivity index (χ4n) is 5.91. The first-order valence-corrected chi connectivity index (χ1v) is 16.1. The van der Waals surface area contributed by atoms with Crippen molar-refractivity contribution in [2.75, 3.05) is 19.6 Å². The molecule has 14 heteroatoms. The molecule has 3 rings (SSSR count). The van der Waals surface area contributed by atoms with Crippen LogP contribution in [0.25, 0.3) is 0 Å². The highest BCUT2D eigenvalue weighted by atomic mass is 19.2. The van der Waals surface area contributed by atoms with E-state index in [1.807, 2.05) is 20.8 Å². The minimum absolute atomic E-state index is 0.226. The number of hydrogen-bond acceptors (Lipinski definition) is 3. The molecule has 0 N–H and O–H groups in total. The van der Waals surface area contributed by atoms with Gasteiger partial charge in [0, 0.05) is 36.8 Å². The van der Waals surface area contributed by atoms with Crippen LogP contribution < -0.4 is 14.0 Å². The summed E-state index contributed by atoms with van der Waals surface area (Å²) >= 11 is 0. The van der Waals surface area contributed by atoms with Gasteiger partial charge in [-0.3, -0.25) is 0 Å². The van der Waals surface area contributed by atoms with Gasteiger partial charge in [0.2, 0.25) is 0 Å². The second kappa shape index (κ2) is 17.7. The van der Waals surface area contributed by atoms with E-state index < -0.39 is 83.0 Å². The Morgan fingerprint density at radius 1 is 0.521 bits per heavy atom. The second-order valence-corrected chi connectivity index (χ2v) is 11.5. The number of halogens is 9. The largest absolute Gasteiger partial charge is 0.864 e. The van der Waals surface area contributed by atoms with Gasteiger partial charge in [-0.1, -0.05) is 45.4 Å². The SMILES string of the molecule is CCCCCCCCCC(c1c(OB(Oc2cc(F)c(F)c(F)c2)Oc2cc(F)c(F)c(F)c2)cc(F)c(F)c1F)[N+](CC)(CC)CC. The van der Waals surface area contributed by atoms with Crippen LogP contribution >= 0.6 is 0 Å². The monoisotopic (exact) mass is 692 g/mol. The van der Waals surface area contributed by atoms with Gasteiger partial charge in [0.1, 0.15) is 23.3 Å². The molecule has 0 aliphatic heterocycles. The van der Waals surface area contributed by atoms with E-state index in [2.05, 4.69) is 6.92 Å². The van der Waals surface area contributed by atoms with Crippen molar-refractivity contribution in [3.8, 4) is 17.2 Å². The lowest BCUT2D eigenvalue weighted by atomic mass is 9.93. The van der Waals surface area contributed by atoms with Gasteiger partial charge in [-0.05, 0) is 27.2 Å². The molecule has 4 nitrogen and oxygen atoms in total. The topological polar surface area (TPSA) is 27.7 Å². The average molecular weight is 692 g/mol. The van der Waals surface area contributed by atoms with Crippen LogP contribution in [0.5, 0.6) is 17.2 Å². The summed E-state index contributed by atoms with van der Waals surface area (Å²) in [7, 11) is -2.33. The van der Waals surface area contributed by atoms with Gasteiger partial charge in [0.15, 0.2) is 52.4 Å². The molecule has 1 unspecified atom stereocenters. The molecule has 0 aromatic heterocycles. The minimum atomic E-state index is -2.33. The van der Waals surface area contributed by atoms with Crippen molar-refractivity contribution in [1.82, 2.24) is 0 Å². The lowest BCUT2D eigenvalue weighted by molar-refractivity contribution is -0.953. The van der Waals surface area contributed by atoms with Crippen LogP contribution in [0, 0.1) is 52.4 Å². The summed E-state index contributed by atoms with van der Waals surface area (Å²) in [5.41, 5.74) is -0.379. The Hall–Kier alpha value is -3.55. The van der Waals surface area contributed by atoms with Crippen LogP contribution in [0.1, 0.15) is 90.7 Å². The van der Waals surface area contributed by atoms with E-state index in [0.717, 1.165) is 38.5 Å². The summed E-state index contributed by atoms with van der Waals surface area (Å²) in [4.78, 5) is 0. The Morgan fingerprint density at radius 3 is 1.38 bits per heavy atom. The van der Waals surface area contributed by atoms with Crippen molar-refractivity contribution in [3.63, 3.8) is 0 Å². The smallest absolute Gasteiger partial charge is 0.489 e. The van der Waals surface area contributed by atoms with E-state index in [9.17, 15) is 35.1 Å². The fraction of sp³-hybridized carbons (Fsp3) is 0.471. The third kappa shape index (κ3) is 9.32. The first-order chi connectivity index (χ1) is 22.8. The maximum Gasteiger partial charge on any atom is 0.864 e. The second-order valence-electron chi connectivity index (χ2n) is 11.5. The first kappa shape index (κ1) is 38.9. The van der Waals surface area contributed by atoms with E-state index in [4.69, 9.17) is 14.0 Å². The van der Waals surface area contributed by atoms with Crippen molar-refractivity contribution < 1.29 is 58.0 Å². The summed E-state index contributed by atoms with van der Waals surface area (Å²) in [6, 6.07) is 1.33. The summed E-state index contributed by atoms with van der Waals surface area (Å²) in [6.07, 6.45) is 6.90. The Morgan fingerprint density at radius 2 is 0.938 bits per heavy atom. The van der Waals surface area contributed by atoms with Gasteiger partial charge in [0.05, 0.1) is 25.2 Å². The van der Waals surface area contributed by atoms with Crippen LogP contribution in [0.15, 0.2) is 30.3 Å². The van der Waals surface area contributed by atoms with E-state index >= 15 is 4.39 Å². The molecular weight excluding hydrogens is 652 g/mol. The molecule has 0 saturated carbocycles. The molecule has 0 saturated heterocycles. The Bertz CT molecular complexity index is 1410. The zero-order valence-electron chi connectivity index (χ0n) is 27.4. The standard InChI is InChI=1S/C34H40BF9NO3/c1-5-9-10-11-12-13-14-15-28(45(6-2,7-3)8-4)30-29(20-27(40)33(43)34(30)44)48-35(46-21-16-23(36)31(41)24(37)17-21)47-22-18-25(38)32(42)26(39)19-22/h16-20,28H,5-15H2,1-4H3/q+1. The number of nitrogens with zero attached hydrogens (tertiary/aromatic N) is 1. The van der Waals surface area contributed by atoms with Crippen molar-refractivity contribution in [3.05, 3.63) is 88.3 Å². The van der Waals surface area contributed by atoms with Crippen molar-refractivity contribution >= 4 is 7.32 Å². The molecule has 0 spiro atoms. The number of quaternary nitrogens is 1. The molecule has 3 aromatic carbocycles. The highest BCUT2D eigenvalue weighted by Crippen LogP contribution is 2.42. The highest BCUT2D eigenvalue weighted by Gasteiger charge is 2.42. The average Bonchev–Trinajstić information content (AvgIpc) is 3.05. The van der Waals surface area contributed by atoms with Crippen LogP contribution in [-0.2, 0) is 0 Å². The summed E-state index contributed by atoms with van der Waals surface area (Å²) in [5.74, 6) is -17.5. The molecule has 1 atom stereocenters. The minimum Gasteiger partial charge on any atom is -0.489 e. The summed E-state index contributed by atoms with van der Waals surface area (Å²) in [6.45, 7) is 9.10. The Labute approximate surface area is 275 Å². The highest BCUT2D eigenvalue weighted by molar-refractivity contribution is 6.39. The predicted octanol–water partition coefficient (Wildman–Crippen LogP) is 10.5. The zero-order valence-corrected chi connectivity index (χ0v) is 27.4. The molecule has 0 radical (unpaired) electrons. The van der Waals surface area contributed by atoms with E-state index in [1.165, 1.54) is 0 Å². The molecule has 0 aliphatic carbocycles. The van der Waals surface area contributed by atoms with Gasteiger partial charge in [-0.25, -0.2) is 39.5 Å². The Balaban J connectivity index is 2.12. The summed E-state index contributed by atoms with van der Waals surface area (Å²) < 4.78 is 146. The molecule has 0 aliphatic rings. The van der Waals surface area contributed by atoms with Gasteiger partial charge >= 0.3 is 7.32 Å². The lowest BCUT2D eigenvalue weighted by Crippen LogP contribution is -2.51. The van der Waals surface area contributed by atoms with Crippen molar-refractivity contribution in [2.45, 2.75) is 85.1 Å². The maximum absolute atomic E-state index is 16.0. The van der Waals surface area contributed by atoms with Gasteiger partial charge < -0.3 is 18.4 Å². The molecule has 48 heavy (non-hydrogen) atoms. The predicted molar refractivity (Wildman–Crippen MR) is 164 cm³/mol. The molecule has 264 valence electrons. The molecule has 0 fully saturated rings. The number of benzene rings is 3. The van der Waals surface area contributed by atoms with Gasteiger partial charge in [-0.2, -0.15) is 0 Å². The van der Waals surface area contributed by atoms with Crippen LogP contribution in [0.4, 0.5) is 39.5 Å². The normalized spacial score (nSPS) is 12.3. The van der Waals surface area contributed by atoms with Crippen LogP contribution in [0.2, 0.25) is 0 Å². The molecule has 0 heterocycles. The number of unbranched alkanes of at least 4 members (excludes halogenated alkanes) is 6. The van der Waals surface area contributed by atoms with E-state index in [1.54, 1.807) is 0 Å². The van der Waals surface area contributed by atoms with Gasteiger partial charge in [-0.15, -0.1) is 0 Å². The molecule has 3 aromatic rings. The molecular formula is C34H40BF9NO3+. The van der Waals surface area contributed by atoms with Gasteiger partial charge in [0.25, 0.3) is 0 Å². The quantitative estimate of drug-likeness (QED) is 0.0412. The third-order valence-corrected chi connectivity index (χ3v) is 8.73. The van der Waals surface area contributed by atoms with Crippen LogP contribution in [0.3, 0.4) is 0 Å². The molecule has 0 bridgehead atoms. The Kier molecular flexibility index (Phi) is 14.4. The maximum atomic E-state index is 16.0.